The van der Waals surface area contributed by atoms with Crippen molar-refractivity contribution in [3.8, 4) is 0 Å². The lowest BCUT2D eigenvalue weighted by atomic mass is 10.3. The molecule has 0 saturated heterocycles. The minimum Gasteiger partial charge on any atom is -0.278 e. The van der Waals surface area contributed by atoms with E-state index in [0.29, 0.717) is 0 Å². The SMILES string of the molecule is O=CN(C1=NCCS1)c1ccccc1. The van der Waals surface area contributed by atoms with E-state index in [0.717, 1.165) is 29.6 Å². The molecular formula is C10H10N2OS. The van der Waals surface area contributed by atoms with Crippen LogP contribution in [0, 0.1) is 0 Å². The first-order valence-electron chi connectivity index (χ1n) is 4.38. The maximum atomic E-state index is 10.9. The number of carbonyl (C=O) groups excluding carboxylic acids is 1. The second-order valence-corrected chi connectivity index (χ2v) is 3.89. The molecule has 1 aliphatic heterocycles. The molecule has 0 radical (unpaired) electrons. The second-order valence-electron chi connectivity index (χ2n) is 2.82. The molecule has 0 atom stereocenters. The largest absolute Gasteiger partial charge is 0.278 e. The Bertz CT molecular complexity index is 350. The molecule has 2 rings (SSSR count). The van der Waals surface area contributed by atoms with Crippen molar-refractivity contribution in [3.63, 3.8) is 0 Å². The molecular weight excluding hydrogens is 196 g/mol. The number of hydrogen-bond donors (Lipinski definition) is 0. The van der Waals surface area contributed by atoms with Crippen LogP contribution in [-0.4, -0.2) is 23.9 Å². The fraction of sp³-hybridized carbons (Fsp3) is 0.200. The minimum atomic E-state index is 0.797. The predicted molar refractivity (Wildman–Crippen MR) is 59.7 cm³/mol. The van der Waals surface area contributed by atoms with Crippen molar-refractivity contribution in [2.75, 3.05) is 17.2 Å². The molecule has 1 aromatic carbocycles. The van der Waals surface area contributed by atoms with Crippen LogP contribution < -0.4 is 4.90 Å². The molecule has 14 heavy (non-hydrogen) atoms. The van der Waals surface area contributed by atoms with Crippen LogP contribution in [0.3, 0.4) is 0 Å². The van der Waals surface area contributed by atoms with Crippen molar-refractivity contribution < 1.29 is 4.79 Å². The third kappa shape index (κ3) is 1.80. The number of anilines is 1. The smallest absolute Gasteiger partial charge is 0.220 e. The highest BCUT2D eigenvalue weighted by Crippen LogP contribution is 2.20. The number of carbonyl (C=O) groups is 1. The van der Waals surface area contributed by atoms with Gasteiger partial charge in [0.2, 0.25) is 6.41 Å². The van der Waals surface area contributed by atoms with Gasteiger partial charge in [0, 0.05) is 5.75 Å². The van der Waals surface area contributed by atoms with Gasteiger partial charge >= 0.3 is 0 Å². The number of para-hydroxylation sites is 1. The molecule has 72 valence electrons. The van der Waals surface area contributed by atoms with E-state index in [1.807, 2.05) is 30.3 Å². The number of aliphatic imine (C=N–C) groups is 1. The van der Waals surface area contributed by atoms with Gasteiger partial charge in [-0.25, -0.2) is 0 Å². The Labute approximate surface area is 86.8 Å². The first-order chi connectivity index (χ1) is 6.92. The summed E-state index contributed by atoms with van der Waals surface area (Å²) < 4.78 is 0. The molecule has 3 nitrogen and oxygen atoms in total. The van der Waals surface area contributed by atoms with Crippen LogP contribution in [0.4, 0.5) is 5.69 Å². The Kier molecular flexibility index (Phi) is 2.84. The van der Waals surface area contributed by atoms with E-state index >= 15 is 0 Å². The molecule has 1 aromatic rings. The summed E-state index contributed by atoms with van der Waals surface area (Å²) in [5.74, 6) is 0.965. The van der Waals surface area contributed by atoms with E-state index in [1.54, 1.807) is 16.7 Å². The molecule has 1 aliphatic rings. The van der Waals surface area contributed by atoms with Crippen LogP contribution >= 0.6 is 11.8 Å². The number of nitrogens with zero attached hydrogens (tertiary/aromatic N) is 2. The van der Waals surface area contributed by atoms with Gasteiger partial charge in [0.15, 0.2) is 5.17 Å². The van der Waals surface area contributed by atoms with Gasteiger partial charge in [-0.2, -0.15) is 0 Å². The minimum absolute atomic E-state index is 0.797. The van der Waals surface area contributed by atoms with Crippen molar-refractivity contribution >= 4 is 29.0 Å². The van der Waals surface area contributed by atoms with Gasteiger partial charge in [-0.1, -0.05) is 30.0 Å². The number of amidine groups is 1. The highest BCUT2D eigenvalue weighted by Gasteiger charge is 2.16. The fourth-order valence-electron chi connectivity index (χ4n) is 1.27. The molecule has 0 bridgehead atoms. The Morgan fingerprint density at radius 1 is 1.36 bits per heavy atom. The van der Waals surface area contributed by atoms with Gasteiger partial charge in [-0.15, -0.1) is 0 Å². The monoisotopic (exact) mass is 206 g/mol. The van der Waals surface area contributed by atoms with Crippen LogP contribution in [0.1, 0.15) is 0 Å². The molecule has 0 unspecified atom stereocenters. The van der Waals surface area contributed by atoms with Crippen molar-refractivity contribution in [1.82, 2.24) is 0 Å². The molecule has 0 fully saturated rings. The number of amides is 1. The third-order valence-electron chi connectivity index (χ3n) is 1.92. The zero-order valence-corrected chi connectivity index (χ0v) is 8.41. The Balaban J connectivity index is 2.26. The summed E-state index contributed by atoms with van der Waals surface area (Å²) in [7, 11) is 0. The standard InChI is InChI=1S/C10H10N2OS/c13-8-12(10-11-6-7-14-10)9-4-2-1-3-5-9/h1-5,8H,6-7H2. The van der Waals surface area contributed by atoms with Gasteiger partial charge in [0.1, 0.15) is 0 Å². The number of benzene rings is 1. The second kappa shape index (κ2) is 4.28. The summed E-state index contributed by atoms with van der Waals surface area (Å²) in [6.45, 7) is 0.803. The molecule has 0 saturated carbocycles. The zero-order valence-electron chi connectivity index (χ0n) is 7.59. The molecule has 0 N–H and O–H groups in total. The van der Waals surface area contributed by atoms with Crippen LogP contribution in [-0.2, 0) is 4.79 Å². The summed E-state index contributed by atoms with van der Waals surface area (Å²) in [5.41, 5.74) is 0.871. The van der Waals surface area contributed by atoms with E-state index in [2.05, 4.69) is 4.99 Å². The van der Waals surface area contributed by atoms with E-state index < -0.39 is 0 Å². The average molecular weight is 206 g/mol. The number of rotatable bonds is 2. The molecule has 1 heterocycles. The van der Waals surface area contributed by atoms with Gasteiger partial charge < -0.3 is 0 Å². The summed E-state index contributed by atoms with van der Waals surface area (Å²) in [6.07, 6.45) is 0.812. The van der Waals surface area contributed by atoms with Gasteiger partial charge in [-0.05, 0) is 12.1 Å². The van der Waals surface area contributed by atoms with E-state index in [1.165, 1.54) is 0 Å². The third-order valence-corrected chi connectivity index (χ3v) is 2.89. The lowest BCUT2D eigenvalue weighted by Gasteiger charge is -2.15. The lowest BCUT2D eigenvalue weighted by molar-refractivity contribution is -0.106. The summed E-state index contributed by atoms with van der Waals surface area (Å²) in [4.78, 5) is 16.8. The number of thioether (sulfide) groups is 1. The summed E-state index contributed by atoms with van der Waals surface area (Å²) in [6, 6.07) is 9.54. The van der Waals surface area contributed by atoms with Crippen molar-refractivity contribution in [2.24, 2.45) is 4.99 Å². The van der Waals surface area contributed by atoms with Crippen LogP contribution in [0.2, 0.25) is 0 Å². The maximum absolute atomic E-state index is 10.9. The van der Waals surface area contributed by atoms with Gasteiger partial charge in [0.05, 0.1) is 12.2 Å². The molecule has 0 spiro atoms. The summed E-state index contributed by atoms with van der Waals surface area (Å²) in [5, 5.41) is 0.797. The van der Waals surface area contributed by atoms with E-state index in [9.17, 15) is 4.79 Å². The highest BCUT2D eigenvalue weighted by atomic mass is 32.2. The van der Waals surface area contributed by atoms with Gasteiger partial charge in [-0.3, -0.25) is 14.7 Å². The quantitative estimate of drug-likeness (QED) is 0.691. The maximum Gasteiger partial charge on any atom is 0.220 e. The average Bonchev–Trinajstić information content (AvgIpc) is 2.74. The zero-order chi connectivity index (χ0) is 9.80. The Morgan fingerprint density at radius 2 is 2.14 bits per heavy atom. The van der Waals surface area contributed by atoms with Crippen LogP contribution in [0.25, 0.3) is 0 Å². The first-order valence-corrected chi connectivity index (χ1v) is 5.37. The molecule has 4 heteroatoms. The Hall–Kier alpha value is -1.29. The van der Waals surface area contributed by atoms with Crippen LogP contribution in [0.15, 0.2) is 35.3 Å². The number of hydrogen-bond acceptors (Lipinski definition) is 3. The lowest BCUT2D eigenvalue weighted by Crippen LogP contribution is -2.25. The molecule has 1 amide bonds. The Morgan fingerprint density at radius 3 is 2.71 bits per heavy atom. The van der Waals surface area contributed by atoms with E-state index in [-0.39, 0.29) is 0 Å². The normalized spacial score (nSPS) is 15.0. The van der Waals surface area contributed by atoms with Crippen LogP contribution in [0.5, 0.6) is 0 Å². The molecule has 0 aliphatic carbocycles. The summed E-state index contributed by atoms with van der Waals surface area (Å²) >= 11 is 1.61. The highest BCUT2D eigenvalue weighted by molar-refractivity contribution is 8.14. The van der Waals surface area contributed by atoms with Gasteiger partial charge in [0.25, 0.3) is 0 Å². The van der Waals surface area contributed by atoms with Crippen molar-refractivity contribution in [2.45, 2.75) is 0 Å². The first kappa shape index (κ1) is 9.27. The topological polar surface area (TPSA) is 32.7 Å². The van der Waals surface area contributed by atoms with Crippen molar-refractivity contribution in [1.29, 1.82) is 0 Å². The van der Waals surface area contributed by atoms with E-state index in [4.69, 9.17) is 0 Å². The fourth-order valence-corrected chi connectivity index (χ4v) is 2.11. The van der Waals surface area contributed by atoms with Crippen molar-refractivity contribution in [3.05, 3.63) is 30.3 Å². The molecule has 0 aromatic heterocycles. The predicted octanol–water partition coefficient (Wildman–Crippen LogP) is 1.75.